The predicted octanol–water partition coefficient (Wildman–Crippen LogP) is 2.70. The smallest absolute Gasteiger partial charge is 0.0666 e. The summed E-state index contributed by atoms with van der Waals surface area (Å²) < 4.78 is 0. The molecule has 1 aromatic heterocycles. The highest BCUT2D eigenvalue weighted by atomic mass is 15.2. The van der Waals surface area contributed by atoms with Gasteiger partial charge in [-0.15, -0.1) is 0 Å². The van der Waals surface area contributed by atoms with Crippen LogP contribution in [-0.2, 0) is 0 Å². The Morgan fingerprint density at radius 2 is 1.95 bits per heavy atom. The number of hydrazine groups is 1. The summed E-state index contributed by atoms with van der Waals surface area (Å²) in [7, 11) is 0. The zero-order valence-electron chi connectivity index (χ0n) is 11.1. The van der Waals surface area contributed by atoms with Crippen molar-refractivity contribution in [1.29, 1.82) is 0 Å². The zero-order chi connectivity index (χ0) is 13.2. The lowest BCUT2D eigenvalue weighted by Crippen LogP contribution is -2.30. The van der Waals surface area contributed by atoms with E-state index >= 15 is 0 Å². The molecule has 19 heavy (non-hydrogen) atoms. The fourth-order valence-corrected chi connectivity index (χ4v) is 2.83. The molecule has 98 valence electrons. The normalized spacial score (nSPS) is 23.1. The molecule has 0 saturated heterocycles. The summed E-state index contributed by atoms with van der Waals surface area (Å²) >= 11 is 0. The van der Waals surface area contributed by atoms with Crippen LogP contribution in [0.15, 0.2) is 48.5 Å². The number of nitrogens with two attached hydrogens (primary N) is 1. The summed E-state index contributed by atoms with van der Waals surface area (Å²) in [5, 5.41) is 0. The quantitative estimate of drug-likeness (QED) is 0.650. The second-order valence-corrected chi connectivity index (χ2v) is 5.26. The van der Waals surface area contributed by atoms with Gasteiger partial charge in [-0.25, -0.2) is 0 Å². The third kappa shape index (κ3) is 2.53. The van der Waals surface area contributed by atoms with Crippen LogP contribution in [0.3, 0.4) is 0 Å². The topological polar surface area (TPSA) is 50.9 Å². The maximum absolute atomic E-state index is 5.75. The average molecular weight is 253 g/mol. The molecule has 1 aliphatic carbocycles. The number of nitrogens with zero attached hydrogens (tertiary/aromatic N) is 1. The summed E-state index contributed by atoms with van der Waals surface area (Å²) in [5.74, 6) is 6.89. The number of rotatable bonds is 4. The Balaban J connectivity index is 1.79. The first-order valence-corrected chi connectivity index (χ1v) is 6.74. The van der Waals surface area contributed by atoms with Crippen molar-refractivity contribution < 1.29 is 0 Å². The van der Waals surface area contributed by atoms with E-state index in [4.69, 9.17) is 5.84 Å². The Morgan fingerprint density at radius 3 is 2.63 bits per heavy atom. The van der Waals surface area contributed by atoms with Gasteiger partial charge in [0.2, 0.25) is 0 Å². The van der Waals surface area contributed by atoms with Gasteiger partial charge in [-0.3, -0.25) is 16.3 Å². The molecule has 0 radical (unpaired) electrons. The van der Waals surface area contributed by atoms with Crippen LogP contribution >= 0.6 is 0 Å². The second kappa shape index (κ2) is 5.11. The Hall–Kier alpha value is -1.71. The van der Waals surface area contributed by atoms with Crippen molar-refractivity contribution >= 4 is 0 Å². The fraction of sp³-hybridized carbons (Fsp3) is 0.312. The van der Waals surface area contributed by atoms with Crippen LogP contribution in [0.25, 0.3) is 0 Å². The molecule has 3 N–H and O–H groups in total. The molecule has 1 aromatic carbocycles. The minimum absolute atomic E-state index is 0.144. The van der Waals surface area contributed by atoms with E-state index in [1.54, 1.807) is 0 Å². The van der Waals surface area contributed by atoms with Gasteiger partial charge < -0.3 is 0 Å². The summed E-state index contributed by atoms with van der Waals surface area (Å²) in [5.41, 5.74) is 6.43. The predicted molar refractivity (Wildman–Crippen MR) is 76.3 cm³/mol. The molecule has 3 atom stereocenters. The standard InChI is InChI=1S/C16H19N3/c1-11-6-5-9-15(18-11)16(19-17)14-10-13(14)12-7-3-2-4-8-12/h2-9,13-14,16,19H,10,17H2,1H3. The molecular weight excluding hydrogens is 234 g/mol. The average Bonchev–Trinajstić information content (AvgIpc) is 3.21. The SMILES string of the molecule is Cc1cccc(C(NN)C2CC2c2ccccc2)n1. The van der Waals surface area contributed by atoms with Gasteiger partial charge in [-0.05, 0) is 42.9 Å². The molecule has 0 bridgehead atoms. The van der Waals surface area contributed by atoms with Crippen molar-refractivity contribution in [3.8, 4) is 0 Å². The molecule has 2 aromatic rings. The van der Waals surface area contributed by atoms with Crippen molar-refractivity contribution in [2.24, 2.45) is 11.8 Å². The Labute approximate surface area is 113 Å². The van der Waals surface area contributed by atoms with E-state index in [-0.39, 0.29) is 6.04 Å². The molecule has 1 fully saturated rings. The third-order valence-corrected chi connectivity index (χ3v) is 3.90. The second-order valence-electron chi connectivity index (χ2n) is 5.26. The van der Waals surface area contributed by atoms with Crippen LogP contribution in [0.5, 0.6) is 0 Å². The zero-order valence-corrected chi connectivity index (χ0v) is 11.1. The maximum atomic E-state index is 5.75. The summed E-state index contributed by atoms with van der Waals surface area (Å²) in [4.78, 5) is 4.59. The molecule has 3 nitrogen and oxygen atoms in total. The van der Waals surface area contributed by atoms with Gasteiger partial charge in [0.1, 0.15) is 0 Å². The number of aryl methyl sites for hydroxylation is 1. The summed E-state index contributed by atoms with van der Waals surface area (Å²) in [6, 6.07) is 16.9. The van der Waals surface area contributed by atoms with E-state index in [2.05, 4.69) is 46.8 Å². The van der Waals surface area contributed by atoms with Gasteiger partial charge in [-0.2, -0.15) is 0 Å². The van der Waals surface area contributed by atoms with Gasteiger partial charge in [-0.1, -0.05) is 36.4 Å². The number of benzene rings is 1. The highest BCUT2D eigenvalue weighted by molar-refractivity contribution is 5.28. The highest BCUT2D eigenvalue weighted by Crippen LogP contribution is 2.53. The first-order chi connectivity index (χ1) is 9.29. The van der Waals surface area contributed by atoms with Crippen molar-refractivity contribution in [3.63, 3.8) is 0 Å². The molecule has 3 heteroatoms. The lowest BCUT2D eigenvalue weighted by atomic mass is 10.0. The van der Waals surface area contributed by atoms with Gasteiger partial charge in [0, 0.05) is 5.69 Å². The molecule has 3 rings (SSSR count). The van der Waals surface area contributed by atoms with E-state index < -0.39 is 0 Å². The van der Waals surface area contributed by atoms with Crippen LogP contribution in [0, 0.1) is 12.8 Å². The summed E-state index contributed by atoms with van der Waals surface area (Å²) in [6.07, 6.45) is 1.18. The van der Waals surface area contributed by atoms with Crippen LogP contribution in [-0.4, -0.2) is 4.98 Å². The molecule has 3 unspecified atom stereocenters. The lowest BCUT2D eigenvalue weighted by molar-refractivity contribution is 0.475. The van der Waals surface area contributed by atoms with E-state index in [9.17, 15) is 0 Å². The third-order valence-electron chi connectivity index (χ3n) is 3.90. The number of nitrogens with one attached hydrogen (secondary N) is 1. The van der Waals surface area contributed by atoms with Crippen molar-refractivity contribution in [2.75, 3.05) is 0 Å². The van der Waals surface area contributed by atoms with Crippen LogP contribution in [0.2, 0.25) is 0 Å². The lowest BCUT2D eigenvalue weighted by Gasteiger charge is -2.16. The van der Waals surface area contributed by atoms with Gasteiger partial charge >= 0.3 is 0 Å². The van der Waals surface area contributed by atoms with Gasteiger partial charge in [0.15, 0.2) is 0 Å². The number of aromatic nitrogens is 1. The highest BCUT2D eigenvalue weighted by Gasteiger charge is 2.44. The molecule has 0 amide bonds. The van der Waals surface area contributed by atoms with Crippen molar-refractivity contribution in [3.05, 3.63) is 65.5 Å². The molecule has 1 heterocycles. The first kappa shape index (κ1) is 12.3. The van der Waals surface area contributed by atoms with Gasteiger partial charge in [0.05, 0.1) is 11.7 Å². The molecular formula is C16H19N3. The van der Waals surface area contributed by atoms with E-state index in [0.29, 0.717) is 11.8 Å². The number of hydrogen-bond donors (Lipinski definition) is 2. The maximum Gasteiger partial charge on any atom is 0.0666 e. The van der Waals surface area contributed by atoms with E-state index in [0.717, 1.165) is 11.4 Å². The monoisotopic (exact) mass is 253 g/mol. The van der Waals surface area contributed by atoms with Crippen LogP contribution < -0.4 is 11.3 Å². The Bertz CT molecular complexity index is 553. The minimum atomic E-state index is 0.144. The Morgan fingerprint density at radius 1 is 1.16 bits per heavy atom. The Kier molecular flexibility index (Phi) is 3.32. The van der Waals surface area contributed by atoms with Crippen molar-refractivity contribution in [2.45, 2.75) is 25.3 Å². The van der Waals surface area contributed by atoms with Gasteiger partial charge in [0.25, 0.3) is 0 Å². The molecule has 0 aliphatic heterocycles. The van der Waals surface area contributed by atoms with E-state index in [1.165, 1.54) is 12.0 Å². The minimum Gasteiger partial charge on any atom is -0.271 e. The molecule has 1 aliphatic rings. The van der Waals surface area contributed by atoms with Crippen LogP contribution in [0.1, 0.15) is 35.3 Å². The number of pyridine rings is 1. The van der Waals surface area contributed by atoms with Crippen LogP contribution in [0.4, 0.5) is 0 Å². The molecule has 0 spiro atoms. The first-order valence-electron chi connectivity index (χ1n) is 6.74. The van der Waals surface area contributed by atoms with Crippen molar-refractivity contribution in [1.82, 2.24) is 10.4 Å². The number of hydrogen-bond acceptors (Lipinski definition) is 3. The fourth-order valence-electron chi connectivity index (χ4n) is 2.83. The largest absolute Gasteiger partial charge is 0.271 e. The van der Waals surface area contributed by atoms with E-state index in [1.807, 2.05) is 19.1 Å². The molecule has 1 saturated carbocycles. The summed E-state index contributed by atoms with van der Waals surface area (Å²) in [6.45, 7) is 2.01.